The van der Waals surface area contributed by atoms with E-state index in [1.807, 2.05) is 0 Å². The van der Waals surface area contributed by atoms with Crippen molar-refractivity contribution in [3.63, 3.8) is 0 Å². The maximum absolute atomic E-state index is 2.17. The Morgan fingerprint density at radius 2 is 1.17 bits per heavy atom. The van der Waals surface area contributed by atoms with Gasteiger partial charge in [-0.2, -0.15) is 0 Å². The maximum atomic E-state index is 2.17. The second-order valence-corrected chi connectivity index (χ2v) is 0. The summed E-state index contributed by atoms with van der Waals surface area (Å²) in [5, 5.41) is 0. The zero-order valence-corrected chi connectivity index (χ0v) is 13.2. The van der Waals surface area contributed by atoms with Crippen LogP contribution in [0, 0.1) is 75.5 Å². The van der Waals surface area contributed by atoms with Gasteiger partial charge in [0.05, 0.1) is 0 Å². The maximum Gasteiger partial charge on any atom is 0 e. The van der Waals surface area contributed by atoms with Crippen molar-refractivity contribution in [2.45, 2.75) is 3.33 Å². The van der Waals surface area contributed by atoms with Gasteiger partial charge in [-0.15, -0.1) is 0 Å². The number of hydrogen-bond donors (Lipinski definition) is 0. The Kier molecular flexibility index (Phi) is 190. The first kappa shape index (κ1) is 32.1. The van der Waals surface area contributed by atoms with Crippen LogP contribution in [0.5, 0.6) is 0 Å². The van der Waals surface area contributed by atoms with E-state index in [1.165, 1.54) is 33.7 Å². The average Bonchev–Trinajstić information content (AvgIpc) is 1.00. The van der Waals surface area contributed by atoms with Gasteiger partial charge in [-0.05, 0) is 0 Å². The summed E-state index contributed by atoms with van der Waals surface area (Å²) in [6.07, 6.45) is 0. The predicted molar refractivity (Wildman–Crippen MR) is 5.86 cm³/mol. The average molecular weight is 464 g/mol. The molecule has 0 unspecified atom stereocenters. The third kappa shape index (κ3) is 24.3. The first-order valence-corrected chi connectivity index (χ1v) is 4.20. The molecule has 6 heavy (non-hydrogen) atoms. The topological polar surface area (TPSA) is 0 Å². The van der Waals surface area contributed by atoms with E-state index in [2.05, 4.69) is 3.33 Å². The van der Waals surface area contributed by atoms with E-state index >= 15 is 0 Å². The quantitative estimate of drug-likeness (QED) is 0.461. The molecule has 0 aliphatic rings. The van der Waals surface area contributed by atoms with Crippen molar-refractivity contribution in [1.29, 1.82) is 0 Å². The SMILES string of the molecule is [CH3][La].[Ce].[Co].[Fe].[Mn]. The van der Waals surface area contributed by atoms with Crippen LogP contribution in [0.4, 0.5) is 0 Å². The molecular formula is CH3CeCoFeLaMn. The summed E-state index contributed by atoms with van der Waals surface area (Å²) in [6, 6.07) is 0. The second kappa shape index (κ2) is 35.4. The molecule has 0 aromatic heterocycles. The van der Waals surface area contributed by atoms with Crippen LogP contribution < -0.4 is 0 Å². The summed E-state index contributed by atoms with van der Waals surface area (Å²) in [5.74, 6) is 0. The van der Waals surface area contributed by atoms with Gasteiger partial charge in [-0.3, -0.25) is 0 Å². The minimum absolute atomic E-state index is 0. The van der Waals surface area contributed by atoms with E-state index < -0.39 is 0 Å². The van der Waals surface area contributed by atoms with Crippen LogP contribution in [0.25, 0.3) is 0 Å². The monoisotopic (exact) mass is 464 g/mol. The van der Waals surface area contributed by atoms with Crippen LogP contribution >= 0.6 is 0 Å². The molecular weight excluding hydrogens is 461 g/mol. The van der Waals surface area contributed by atoms with Crippen LogP contribution in [-0.2, 0) is 50.9 Å². The van der Waals surface area contributed by atoms with Gasteiger partial charge in [-0.1, -0.05) is 0 Å². The van der Waals surface area contributed by atoms with E-state index in [1.54, 1.807) is 0 Å². The molecule has 0 saturated heterocycles. The molecule has 0 amide bonds. The van der Waals surface area contributed by atoms with Gasteiger partial charge in [0.15, 0.2) is 0 Å². The molecule has 2 radical (unpaired) electrons. The van der Waals surface area contributed by atoms with Gasteiger partial charge < -0.3 is 0 Å². The fourth-order valence-electron chi connectivity index (χ4n) is 0. The van der Waals surface area contributed by atoms with E-state index in [0.717, 1.165) is 0 Å². The summed E-state index contributed by atoms with van der Waals surface area (Å²) < 4.78 is 2.17. The first-order chi connectivity index (χ1) is 1.00. The molecule has 0 aliphatic heterocycles. The molecule has 5 heteroatoms. The van der Waals surface area contributed by atoms with Crippen molar-refractivity contribution in [3.8, 4) is 0 Å². The normalized spacial score (nSPS) is 0.667. The fourth-order valence-corrected chi connectivity index (χ4v) is 0. The van der Waals surface area contributed by atoms with Gasteiger partial charge in [0, 0.05) is 92.7 Å². The zero-order valence-electron chi connectivity index (χ0n) is 3.14. The summed E-state index contributed by atoms with van der Waals surface area (Å²) in [4.78, 5) is 0. The van der Waals surface area contributed by atoms with E-state index in [0.29, 0.717) is 0 Å². The van der Waals surface area contributed by atoms with Gasteiger partial charge in [-0.25, -0.2) is 0 Å². The smallest absolute Gasteiger partial charge is 0 e. The third-order valence-corrected chi connectivity index (χ3v) is 0. The Hall–Kier alpha value is 4.12. The molecule has 0 aromatic rings. The second-order valence-electron chi connectivity index (χ2n) is 0. The molecule has 0 spiro atoms. The van der Waals surface area contributed by atoms with E-state index in [-0.39, 0.29) is 92.7 Å². The summed E-state index contributed by atoms with van der Waals surface area (Å²) in [5.41, 5.74) is 0. The molecule has 0 heterocycles. The molecule has 0 nitrogen and oxygen atoms in total. The van der Waals surface area contributed by atoms with Crippen LogP contribution in [0.1, 0.15) is 0 Å². The van der Waals surface area contributed by atoms with Gasteiger partial charge in [0.1, 0.15) is 0 Å². The molecule has 0 bridgehead atoms. The van der Waals surface area contributed by atoms with Crippen LogP contribution in [0.3, 0.4) is 0 Å². The van der Waals surface area contributed by atoms with Gasteiger partial charge >= 0.3 is 37.1 Å². The zero-order chi connectivity index (χ0) is 2.00. The molecule has 38 valence electrons. The molecule has 0 atom stereocenters. The standard InChI is InChI=1S/CH3.Ce.Co.Fe.La.Mn/h1H3;;;;;. The Morgan fingerprint density at radius 1 is 1.17 bits per heavy atom. The fraction of sp³-hybridized carbons (Fsp3) is 1.00. The van der Waals surface area contributed by atoms with Crippen LogP contribution in [0.15, 0.2) is 0 Å². The first-order valence-electron chi connectivity index (χ1n) is 0.577. The van der Waals surface area contributed by atoms with Crippen molar-refractivity contribution in [2.75, 3.05) is 0 Å². The Bertz CT molecular complexity index is 15.5. The number of rotatable bonds is 0. The third-order valence-electron chi connectivity index (χ3n) is 0. The molecule has 0 aromatic carbocycles. The van der Waals surface area contributed by atoms with Crippen LogP contribution in [-0.4, -0.2) is 0 Å². The van der Waals surface area contributed by atoms with Crippen molar-refractivity contribution < 1.29 is 126 Å². The van der Waals surface area contributed by atoms with Crippen molar-refractivity contribution in [3.05, 3.63) is 0 Å². The summed E-state index contributed by atoms with van der Waals surface area (Å²) in [7, 11) is 0. The van der Waals surface area contributed by atoms with Crippen LogP contribution in [0.2, 0.25) is 3.33 Å². The Labute approximate surface area is 126 Å². The minimum Gasteiger partial charge on any atom is 0 e. The largest absolute Gasteiger partial charge is 0 e. The molecule has 0 N–H and O–H groups in total. The Morgan fingerprint density at radius 3 is 1.17 bits per heavy atom. The molecule has 0 saturated carbocycles. The molecule has 0 rings (SSSR count). The number of hydrogen-bond acceptors (Lipinski definition) is 0. The molecule has 0 fully saturated rings. The van der Waals surface area contributed by atoms with Gasteiger partial charge in [0.2, 0.25) is 0 Å². The predicted octanol–water partition coefficient (Wildman–Crippen LogP) is 0.576. The minimum atomic E-state index is 0. The van der Waals surface area contributed by atoms with Crippen molar-refractivity contribution >= 4 is 0 Å². The van der Waals surface area contributed by atoms with E-state index in [9.17, 15) is 0 Å². The Balaban J connectivity index is -0.000000000833. The summed E-state index contributed by atoms with van der Waals surface area (Å²) >= 11 is 1.17. The van der Waals surface area contributed by atoms with Crippen molar-refractivity contribution in [2.24, 2.45) is 0 Å². The van der Waals surface area contributed by atoms with Gasteiger partial charge in [0.25, 0.3) is 0 Å². The van der Waals surface area contributed by atoms with Crippen molar-refractivity contribution in [1.82, 2.24) is 0 Å². The molecule has 0 aliphatic carbocycles. The van der Waals surface area contributed by atoms with E-state index in [4.69, 9.17) is 0 Å². The summed E-state index contributed by atoms with van der Waals surface area (Å²) in [6.45, 7) is 0.